The van der Waals surface area contributed by atoms with Crippen LogP contribution in [0.5, 0.6) is 5.75 Å². The molecule has 9 aromatic heterocycles. The fourth-order valence-electron chi connectivity index (χ4n) is 15.8. The van der Waals surface area contributed by atoms with Crippen LogP contribution >= 0.6 is 67.8 Å². The highest BCUT2D eigenvalue weighted by atomic mass is 127. The molecule has 14 aromatic rings. The molecule has 7 aliphatic heterocycles. The number of ether oxygens (including phenoxy) is 5. The molecule has 39 heteroatoms. The van der Waals surface area contributed by atoms with Crippen LogP contribution in [0.4, 0.5) is 51.0 Å². The average Bonchev–Trinajstić information content (AvgIpc) is 0.970. The van der Waals surface area contributed by atoms with Gasteiger partial charge in [-0.1, -0.05) is 36.4 Å². The molecule has 0 radical (unpaired) electrons. The van der Waals surface area contributed by atoms with E-state index in [1.54, 1.807) is 60.5 Å². The Kier molecular flexibility index (Phi) is 26.8. The summed E-state index contributed by atoms with van der Waals surface area (Å²) >= 11 is 6.49. The lowest BCUT2D eigenvalue weighted by Crippen LogP contribution is -2.37. The molecule has 0 bridgehead atoms. The van der Waals surface area contributed by atoms with Crippen LogP contribution in [0.15, 0.2) is 168 Å². The van der Waals surface area contributed by atoms with Gasteiger partial charge >= 0.3 is 0 Å². The minimum Gasteiger partial charge on any atom is -0.488 e. The van der Waals surface area contributed by atoms with Crippen LogP contribution in [0.2, 0.25) is 0 Å². The molecule has 21 rings (SSSR count). The first-order valence-electron chi connectivity index (χ1n) is 40.8. The molecule has 127 heavy (non-hydrogen) atoms. The fourth-order valence-corrected chi connectivity index (χ4v) is 18.0. The number of nitrogens with one attached hydrogen (secondary N) is 1. The first-order chi connectivity index (χ1) is 61.8. The Balaban J connectivity index is 0.000000116. The molecule has 31 nitrogen and oxygen atoms in total. The van der Waals surface area contributed by atoms with Crippen molar-refractivity contribution in [2.45, 2.75) is 65.5 Å². The van der Waals surface area contributed by atoms with E-state index in [1.807, 2.05) is 33.1 Å². The second kappa shape index (κ2) is 38.9. The van der Waals surface area contributed by atoms with Gasteiger partial charge in [0.05, 0.1) is 140 Å². The maximum absolute atomic E-state index is 14.7. The Labute approximate surface area is 762 Å². The van der Waals surface area contributed by atoms with Gasteiger partial charge in [0.25, 0.3) is 0 Å². The quantitative estimate of drug-likeness (QED) is 0.0780. The molecule has 4 saturated heterocycles. The van der Waals surface area contributed by atoms with E-state index in [9.17, 15) is 31.5 Å². The Bertz CT molecular complexity index is 6700. The van der Waals surface area contributed by atoms with Gasteiger partial charge in [0.15, 0.2) is 22.9 Å². The SMILES string of the molecule is C1=NCc2ncnc(N3CCOCC3)c21.CC(C)Oc1ccc(C2=NCc3ncnc(N4CCOCC4)c32)cc1F.CC(c1oc2cccc(F)c2c(=O)c1-c1ccc(F)cc1)n1nc(I)c2c(N3CCOCC3)ncnc21.CNc1ncnc2c1c(I)nn2C(C)c1oc2cccc(F)c2c(=O)c1-c1cccc(F)c1.IC1=NCc2ncnc(N3CCOCC3)c21. The van der Waals surface area contributed by atoms with Crippen LogP contribution in [0.25, 0.3) is 66.3 Å². The third kappa shape index (κ3) is 18.2. The van der Waals surface area contributed by atoms with Crippen molar-refractivity contribution in [2.75, 3.05) is 137 Å². The molecule has 652 valence electrons. The van der Waals surface area contributed by atoms with E-state index in [-0.39, 0.29) is 62.0 Å². The molecule has 0 amide bonds. The largest absolute Gasteiger partial charge is 0.488 e. The van der Waals surface area contributed by atoms with Gasteiger partial charge in [0, 0.05) is 71.2 Å². The summed E-state index contributed by atoms with van der Waals surface area (Å²) in [5, 5.41) is 13.5. The minimum atomic E-state index is -0.705. The fraction of sp³-hybridized carbons (Fsp3) is 0.307. The summed E-state index contributed by atoms with van der Waals surface area (Å²) < 4.78 is 117. The van der Waals surface area contributed by atoms with E-state index in [0.717, 1.165) is 138 Å². The van der Waals surface area contributed by atoms with Crippen LogP contribution in [0.3, 0.4) is 0 Å². The Morgan fingerprint density at radius 1 is 0.433 bits per heavy atom. The molecule has 7 aliphatic rings. The van der Waals surface area contributed by atoms with Gasteiger partial charge in [-0.05, 0) is 173 Å². The van der Waals surface area contributed by atoms with E-state index in [2.05, 4.69) is 163 Å². The lowest BCUT2D eigenvalue weighted by atomic mass is 9.99. The zero-order valence-corrected chi connectivity index (χ0v) is 75.5. The molecular formula is C88H80F5I3N22O9. The summed E-state index contributed by atoms with van der Waals surface area (Å²) in [6.45, 7) is 21.4. The molecular weight excluding hydrogens is 1980 g/mol. The molecule has 0 aliphatic carbocycles. The first-order valence-corrected chi connectivity index (χ1v) is 44.0. The number of hydrogen-bond donors (Lipinski definition) is 1. The zero-order valence-electron chi connectivity index (χ0n) is 69.0. The molecule has 0 spiro atoms. The Hall–Kier alpha value is -11.7. The number of nitrogens with zero attached hydrogens (tertiary/aromatic N) is 21. The number of anilines is 5. The maximum Gasteiger partial charge on any atom is 0.203 e. The molecule has 16 heterocycles. The van der Waals surface area contributed by atoms with Crippen molar-refractivity contribution in [3.63, 3.8) is 0 Å². The van der Waals surface area contributed by atoms with E-state index in [1.165, 1.54) is 91.5 Å². The molecule has 2 unspecified atom stereocenters. The topological polar surface area (TPSA) is 333 Å². The Morgan fingerprint density at radius 3 is 1.46 bits per heavy atom. The molecule has 0 saturated carbocycles. The summed E-state index contributed by atoms with van der Waals surface area (Å²) in [4.78, 5) is 92.9. The summed E-state index contributed by atoms with van der Waals surface area (Å²) in [5.41, 5.74) is 8.59. The smallest absolute Gasteiger partial charge is 0.203 e. The number of hydrogen-bond acceptors (Lipinski definition) is 29. The van der Waals surface area contributed by atoms with Crippen LogP contribution in [-0.4, -0.2) is 203 Å². The van der Waals surface area contributed by atoms with Crippen molar-refractivity contribution in [1.29, 1.82) is 0 Å². The molecule has 2 atom stereocenters. The third-order valence-corrected chi connectivity index (χ3v) is 24.3. The van der Waals surface area contributed by atoms with Gasteiger partial charge in [-0.3, -0.25) is 24.6 Å². The molecule has 1 N–H and O–H groups in total. The van der Waals surface area contributed by atoms with Gasteiger partial charge < -0.3 is 57.4 Å². The number of aliphatic imine (C=N–C) groups is 3. The summed E-state index contributed by atoms with van der Waals surface area (Å²) in [5.74, 6) is 2.21. The number of morpholine rings is 4. The molecule has 4 fully saturated rings. The average molecular weight is 2070 g/mol. The number of benzene rings is 5. The van der Waals surface area contributed by atoms with Crippen LogP contribution in [-0.2, 0) is 38.6 Å². The van der Waals surface area contributed by atoms with Crippen LogP contribution in [0.1, 0.15) is 90.6 Å². The highest BCUT2D eigenvalue weighted by molar-refractivity contribution is 14.1. The van der Waals surface area contributed by atoms with E-state index >= 15 is 0 Å². The van der Waals surface area contributed by atoms with E-state index in [0.29, 0.717) is 100 Å². The van der Waals surface area contributed by atoms with E-state index in [4.69, 9.17) is 37.6 Å². The van der Waals surface area contributed by atoms with Crippen LogP contribution < -0.4 is 40.5 Å². The predicted octanol–water partition coefficient (Wildman–Crippen LogP) is 13.9. The molecule has 5 aromatic carbocycles. The van der Waals surface area contributed by atoms with Gasteiger partial charge in [0.2, 0.25) is 10.9 Å². The number of aromatic nitrogens is 14. The maximum atomic E-state index is 14.7. The monoisotopic (exact) mass is 2060 g/mol. The van der Waals surface area contributed by atoms with Crippen molar-refractivity contribution >= 4 is 157 Å². The summed E-state index contributed by atoms with van der Waals surface area (Å²) in [6, 6.07) is 23.2. The summed E-state index contributed by atoms with van der Waals surface area (Å²) in [7, 11) is 1.75. The van der Waals surface area contributed by atoms with Crippen molar-refractivity contribution < 1.29 is 54.5 Å². The highest BCUT2D eigenvalue weighted by Crippen LogP contribution is 2.40. The number of rotatable bonds is 14. The van der Waals surface area contributed by atoms with Gasteiger partial charge in [-0.25, -0.2) is 81.2 Å². The van der Waals surface area contributed by atoms with Gasteiger partial charge in [-0.15, -0.1) is 0 Å². The van der Waals surface area contributed by atoms with Crippen LogP contribution in [0, 0.1) is 36.5 Å². The predicted molar refractivity (Wildman–Crippen MR) is 494 cm³/mol. The lowest BCUT2D eigenvalue weighted by molar-refractivity contribution is 0.122. The third-order valence-electron chi connectivity index (χ3n) is 21.9. The van der Waals surface area contributed by atoms with Gasteiger partial charge in [-0.2, -0.15) is 10.2 Å². The van der Waals surface area contributed by atoms with Crippen molar-refractivity contribution in [1.82, 2.24) is 69.4 Å². The van der Waals surface area contributed by atoms with Gasteiger partial charge in [0.1, 0.15) is 141 Å². The second-order valence-corrected chi connectivity index (χ2v) is 33.1. The second-order valence-electron chi connectivity index (χ2n) is 30.0. The Morgan fingerprint density at radius 2 is 0.906 bits per heavy atom. The van der Waals surface area contributed by atoms with Crippen molar-refractivity contribution in [3.8, 4) is 28.0 Å². The van der Waals surface area contributed by atoms with Crippen molar-refractivity contribution in [2.24, 2.45) is 15.0 Å². The van der Waals surface area contributed by atoms with Crippen molar-refractivity contribution in [3.05, 3.63) is 243 Å². The first kappa shape index (κ1) is 87.4. The standard InChI is InChI=1S/C26H20F2IN5O3.C23H16F2IN5O2.C19H21FN4O2.C10H11IN4O.C10H12N4O/c1-14(34-26-21(24(29)32-34)25(30-13-31-26)33-9-11-36-12-10-33)23-19(15-5-7-16(27)8-6-15)22(35)20-17(28)3-2-4-18(20)37-23;1-11(31-23-18(21(26)30-31)22(27-2)28-10-29-23)20-16(12-5-3-6-13(24)9-12)19(32)17-14(25)7-4-8-15(17)33-20;1-12(2)26-16-4-3-13(9-14(16)20)18-17-15(10-21-18)22-11-23-19(17)24-5-7-25-8-6-24;11-9-8-7(5-12-9)13-6-14-10(8)15-1-3-16-4-2-15;1-3-15-4-2-14(1)10-8-5-11-6-9(8)12-7-13-10/h2-8,13-14H,9-12H2,1H3;3-11H,1-2H3,(H,27,28,29);3-4,9,11-12H,5-8,10H2,1-2H3;6H,1-5H2;5,7H,1-4,6H2. The normalized spacial score (nSPS) is 15.7. The lowest BCUT2D eigenvalue weighted by Gasteiger charge is -2.29. The minimum absolute atomic E-state index is 0.0705. The number of halogens is 8. The number of fused-ring (bicyclic) bond motifs is 7. The van der Waals surface area contributed by atoms with E-state index < -0.39 is 52.0 Å². The summed E-state index contributed by atoms with van der Waals surface area (Å²) in [6.07, 6.45) is 9.52. The zero-order chi connectivity index (χ0) is 88.1. The highest BCUT2D eigenvalue weighted by Gasteiger charge is 2.34.